The molecule has 0 spiro atoms. The van der Waals surface area contributed by atoms with E-state index in [1.165, 1.54) is 25.7 Å². The third-order valence-electron chi connectivity index (χ3n) is 3.07. The molecule has 1 rings (SSSR count). The van der Waals surface area contributed by atoms with E-state index in [4.69, 9.17) is 4.74 Å². The van der Waals surface area contributed by atoms with Gasteiger partial charge in [0.05, 0.1) is 12.2 Å². The van der Waals surface area contributed by atoms with Crippen LogP contribution in [0.4, 0.5) is 0 Å². The molecule has 0 aromatic rings. The first-order chi connectivity index (χ1) is 7.09. The van der Waals surface area contributed by atoms with Crippen molar-refractivity contribution in [2.75, 3.05) is 0 Å². The van der Waals surface area contributed by atoms with E-state index in [-0.39, 0.29) is 0 Å². The second-order valence-corrected chi connectivity index (χ2v) is 4.98. The van der Waals surface area contributed by atoms with Crippen LogP contribution in [0.5, 0.6) is 0 Å². The van der Waals surface area contributed by atoms with Crippen molar-refractivity contribution < 1.29 is 4.74 Å². The smallest absolute Gasteiger partial charge is 0.0581 e. The average Bonchev–Trinajstić information content (AvgIpc) is 2.20. The zero-order valence-electron chi connectivity index (χ0n) is 11.5. The number of rotatable bonds is 3. The lowest BCUT2D eigenvalue weighted by atomic mass is 9.80. The van der Waals surface area contributed by atoms with Crippen LogP contribution in [-0.4, -0.2) is 12.2 Å². The van der Waals surface area contributed by atoms with Crippen LogP contribution in [0.1, 0.15) is 67.2 Å². The summed E-state index contributed by atoms with van der Waals surface area (Å²) in [6, 6.07) is 0. The van der Waals surface area contributed by atoms with Crippen LogP contribution in [0, 0.1) is 11.8 Å². The van der Waals surface area contributed by atoms with E-state index in [9.17, 15) is 0 Å². The molecule has 1 fully saturated rings. The molecule has 0 bridgehead atoms. The fourth-order valence-corrected chi connectivity index (χ4v) is 2.30. The van der Waals surface area contributed by atoms with E-state index < -0.39 is 0 Å². The van der Waals surface area contributed by atoms with E-state index in [0.29, 0.717) is 12.2 Å². The van der Waals surface area contributed by atoms with Gasteiger partial charge in [-0.2, -0.15) is 0 Å². The van der Waals surface area contributed by atoms with Crippen molar-refractivity contribution in [3.63, 3.8) is 0 Å². The van der Waals surface area contributed by atoms with Crippen LogP contribution >= 0.6 is 0 Å². The summed E-state index contributed by atoms with van der Waals surface area (Å²) in [5.41, 5.74) is 0. The average molecular weight is 214 g/mol. The fourth-order valence-electron chi connectivity index (χ4n) is 2.30. The molecular formula is C14H30O. The largest absolute Gasteiger partial charge is 0.376 e. The Bertz CT molecular complexity index is 140. The van der Waals surface area contributed by atoms with Crippen molar-refractivity contribution in [1.29, 1.82) is 0 Å². The molecule has 15 heavy (non-hydrogen) atoms. The predicted molar refractivity (Wildman–Crippen MR) is 68.2 cm³/mol. The fraction of sp³-hybridized carbons (Fsp3) is 1.00. The first-order valence-electron chi connectivity index (χ1n) is 6.75. The first kappa shape index (κ1) is 15.0. The Labute approximate surface area is 96.6 Å². The summed E-state index contributed by atoms with van der Waals surface area (Å²) in [4.78, 5) is 0. The highest BCUT2D eigenvalue weighted by molar-refractivity contribution is 4.75. The molecule has 92 valence electrons. The summed E-state index contributed by atoms with van der Waals surface area (Å²) in [5.74, 6) is 1.73. The molecule has 0 saturated heterocycles. The van der Waals surface area contributed by atoms with Gasteiger partial charge in [-0.25, -0.2) is 0 Å². The van der Waals surface area contributed by atoms with Crippen LogP contribution in [0.15, 0.2) is 0 Å². The maximum Gasteiger partial charge on any atom is 0.0581 e. The number of hydrogen-bond acceptors (Lipinski definition) is 1. The zero-order chi connectivity index (χ0) is 11.8. The van der Waals surface area contributed by atoms with Gasteiger partial charge in [0.1, 0.15) is 0 Å². The molecule has 0 radical (unpaired) electrons. The second kappa shape index (κ2) is 8.15. The van der Waals surface area contributed by atoms with Gasteiger partial charge in [-0.3, -0.25) is 0 Å². The Morgan fingerprint density at radius 2 is 1.60 bits per heavy atom. The normalized spacial score (nSPS) is 26.4. The molecule has 1 heteroatoms. The van der Waals surface area contributed by atoms with Crippen LogP contribution in [0.25, 0.3) is 0 Å². The lowest BCUT2D eigenvalue weighted by Gasteiger charge is -2.32. The van der Waals surface area contributed by atoms with Crippen molar-refractivity contribution in [2.45, 2.75) is 79.4 Å². The summed E-state index contributed by atoms with van der Waals surface area (Å²) in [5, 5.41) is 0. The Morgan fingerprint density at radius 3 is 2.07 bits per heavy atom. The third kappa shape index (κ3) is 6.19. The minimum Gasteiger partial charge on any atom is -0.376 e. The van der Waals surface area contributed by atoms with Crippen molar-refractivity contribution in [3.05, 3.63) is 0 Å². The molecule has 1 aliphatic carbocycles. The zero-order valence-corrected chi connectivity index (χ0v) is 11.5. The van der Waals surface area contributed by atoms with Gasteiger partial charge in [0, 0.05) is 0 Å². The summed E-state index contributed by atoms with van der Waals surface area (Å²) >= 11 is 0. The standard InChI is InChI=1S/C12H24O.C2H6/c1-9(2)11-6-5-7-12(8-11)13-10(3)4;1-2/h9-12H,5-8H2,1-4H3;1-2H3. The Hall–Kier alpha value is -0.0400. The molecule has 1 saturated carbocycles. The van der Waals surface area contributed by atoms with E-state index in [1.807, 2.05) is 13.8 Å². The maximum absolute atomic E-state index is 5.87. The highest BCUT2D eigenvalue weighted by Crippen LogP contribution is 2.31. The minimum absolute atomic E-state index is 0.399. The topological polar surface area (TPSA) is 9.23 Å². The maximum atomic E-state index is 5.87. The summed E-state index contributed by atoms with van der Waals surface area (Å²) in [6.07, 6.45) is 6.28. The van der Waals surface area contributed by atoms with E-state index >= 15 is 0 Å². The number of ether oxygens (including phenoxy) is 1. The van der Waals surface area contributed by atoms with Crippen LogP contribution in [0.3, 0.4) is 0 Å². The predicted octanol–water partition coefficient (Wildman–Crippen LogP) is 4.65. The molecule has 0 N–H and O–H groups in total. The molecule has 0 aliphatic heterocycles. The first-order valence-corrected chi connectivity index (χ1v) is 6.75. The van der Waals surface area contributed by atoms with Gasteiger partial charge in [0.25, 0.3) is 0 Å². The van der Waals surface area contributed by atoms with Crippen molar-refractivity contribution in [3.8, 4) is 0 Å². The second-order valence-electron chi connectivity index (χ2n) is 4.98. The van der Waals surface area contributed by atoms with E-state index in [2.05, 4.69) is 27.7 Å². The Kier molecular flexibility index (Phi) is 8.13. The summed E-state index contributed by atoms with van der Waals surface area (Å²) in [6.45, 7) is 12.9. The lowest BCUT2D eigenvalue weighted by Crippen LogP contribution is -2.27. The molecular weight excluding hydrogens is 184 g/mol. The van der Waals surface area contributed by atoms with Gasteiger partial charge < -0.3 is 4.74 Å². The summed E-state index contributed by atoms with van der Waals surface area (Å²) < 4.78 is 5.87. The SMILES string of the molecule is CC.CC(C)OC1CCCC(C(C)C)C1. The highest BCUT2D eigenvalue weighted by atomic mass is 16.5. The van der Waals surface area contributed by atoms with E-state index in [1.54, 1.807) is 0 Å². The third-order valence-corrected chi connectivity index (χ3v) is 3.07. The van der Waals surface area contributed by atoms with Crippen LogP contribution in [0.2, 0.25) is 0 Å². The molecule has 2 atom stereocenters. The highest BCUT2D eigenvalue weighted by Gasteiger charge is 2.24. The van der Waals surface area contributed by atoms with Gasteiger partial charge in [-0.15, -0.1) is 0 Å². The molecule has 0 aromatic heterocycles. The van der Waals surface area contributed by atoms with Gasteiger partial charge in [-0.1, -0.05) is 40.5 Å². The molecule has 1 aliphatic rings. The van der Waals surface area contributed by atoms with Crippen molar-refractivity contribution in [1.82, 2.24) is 0 Å². The van der Waals surface area contributed by atoms with Gasteiger partial charge in [-0.05, 0) is 38.5 Å². The van der Waals surface area contributed by atoms with Crippen LogP contribution in [-0.2, 0) is 4.74 Å². The lowest BCUT2D eigenvalue weighted by molar-refractivity contribution is -0.0290. The van der Waals surface area contributed by atoms with Crippen molar-refractivity contribution >= 4 is 0 Å². The van der Waals surface area contributed by atoms with Crippen LogP contribution < -0.4 is 0 Å². The van der Waals surface area contributed by atoms with Gasteiger partial charge >= 0.3 is 0 Å². The van der Waals surface area contributed by atoms with E-state index in [0.717, 1.165) is 11.8 Å². The molecule has 0 aromatic carbocycles. The number of hydrogen-bond donors (Lipinski definition) is 0. The summed E-state index contributed by atoms with van der Waals surface area (Å²) in [7, 11) is 0. The van der Waals surface area contributed by atoms with Gasteiger partial charge in [0.2, 0.25) is 0 Å². The molecule has 2 unspecified atom stereocenters. The van der Waals surface area contributed by atoms with Gasteiger partial charge in [0.15, 0.2) is 0 Å². The molecule has 1 nitrogen and oxygen atoms in total. The minimum atomic E-state index is 0.399. The molecule has 0 heterocycles. The monoisotopic (exact) mass is 214 g/mol. The quantitative estimate of drug-likeness (QED) is 0.664. The Balaban J connectivity index is 0.000000921. The van der Waals surface area contributed by atoms with Crippen molar-refractivity contribution in [2.24, 2.45) is 11.8 Å². The molecule has 0 amide bonds. The Morgan fingerprint density at radius 1 is 1.00 bits per heavy atom.